The van der Waals surface area contributed by atoms with E-state index in [2.05, 4.69) is 4.72 Å². The van der Waals surface area contributed by atoms with Gasteiger partial charge in [-0.05, 0) is 323 Å². The van der Waals surface area contributed by atoms with E-state index in [9.17, 15) is 45.6 Å². The van der Waals surface area contributed by atoms with E-state index in [1.54, 1.807) is 83.0 Å². The number of sulfone groups is 1. The molecular weight excluding hydrogens is 1680 g/mol. The third-order valence-corrected chi connectivity index (χ3v) is 25.1. The maximum atomic E-state index is 13.6. The van der Waals surface area contributed by atoms with Gasteiger partial charge in [-0.25, -0.2) is 16.8 Å². The monoisotopic (exact) mass is 1780 g/mol. The van der Waals surface area contributed by atoms with Gasteiger partial charge in [0.2, 0.25) is 10.0 Å². The van der Waals surface area contributed by atoms with Crippen LogP contribution in [-0.2, 0) is 67.7 Å². The molecule has 0 saturated carbocycles. The zero-order valence-electron chi connectivity index (χ0n) is 76.1. The second-order valence-corrected chi connectivity index (χ2v) is 40.4. The third-order valence-electron chi connectivity index (χ3n) is 23.3. The Morgan fingerprint density at radius 3 is 1.04 bits per heavy atom. The molecule has 9 heterocycles. The molecule has 0 bridgehead atoms. The summed E-state index contributed by atoms with van der Waals surface area (Å²) in [6, 6.07) is 54.5. The number of aromatic nitrogens is 6. The Labute approximate surface area is 754 Å². The van der Waals surface area contributed by atoms with E-state index >= 15 is 0 Å². The van der Waals surface area contributed by atoms with Crippen LogP contribution >= 0.6 is 0 Å². The molecule has 0 amide bonds. The lowest BCUT2D eigenvalue weighted by atomic mass is 9.85. The Morgan fingerprint density at radius 2 is 0.723 bits per heavy atom. The number of aryl methyl sites for hydroxylation is 4. The number of ketones is 3. The van der Waals surface area contributed by atoms with Crippen LogP contribution in [-0.4, -0.2) is 112 Å². The van der Waals surface area contributed by atoms with Crippen molar-refractivity contribution < 1.29 is 59.6 Å². The SMILES string of the molecule is CC(=O)[C@@H](OC(C)(C)C)c1c(C)cc2c(ccc(=O)n2-c2cccc(C)c2)c1-c1ccc2c3c(ccnc13)CCO2.CC(=O)[C@@H](OC(C)(C)C)c1c(C)cc2c(ccc(=O)n2-c2cccc(NS(C)(=O)=O)c2)c1-c1ccc2c3c(ccnc13)CCO2.CC(=O)[C@@H](OC(C)(C)C)c1c(C)cc2c(ccc(=O)n2-c2cccc(S(C)(=O)=O)c2)c1-c1ccc2c3c(ccnc13)CCO2. The fourth-order valence-electron chi connectivity index (χ4n) is 18.2. The Morgan fingerprint density at radius 1 is 0.400 bits per heavy atom. The van der Waals surface area contributed by atoms with Crippen molar-refractivity contribution in [2.75, 3.05) is 37.1 Å². The summed E-state index contributed by atoms with van der Waals surface area (Å²) in [7, 11) is -7.07. The number of hydrogen-bond donors (Lipinski definition) is 1. The average molecular weight is 1780 g/mol. The predicted octanol–water partition coefficient (Wildman–Crippen LogP) is 19.8. The van der Waals surface area contributed by atoms with Gasteiger partial charge in [-0.3, -0.25) is 62.1 Å². The molecule has 0 fully saturated rings. The molecule has 0 unspecified atom stereocenters. The standard InChI is InChI=1S/C35H35N3O6S.C35H34N2O6S.C35H34N2O4/c1-20-18-27-25(11-13-29(40)38(27)24-9-7-8-23(19-24)37-45(6,41)42)32(30(20)34(21(2)39)44-35(3,4)5)26-10-12-28-31-22(15-17-43-28)14-16-36-33(26)31;1-20-18-27-25(11-13-29(39)37(27)23-8-7-9-24(19-23)44(6,40)41)32(30(20)34(21(2)38)43-35(3,4)5)26-10-12-28-31-22(15-17-42-28)14-16-36-33(26)31;1-20-8-7-9-24(18-20)37-27-19-21(2)30(34(22(3)38)41-35(4,5)6)32(25(27)11-13-29(37)39)26-10-12-28-31-23(15-17-40-28)14-16-36-33(26)31/h7-14,16,18-19,34,37H,15,17H2,1-6H3;7-14,16,18-19,34H,15,17H2,1-6H3;7-14,16,18-19,34H,15,17H2,1-6H3/t3*34-/m111/s1. The second kappa shape index (κ2) is 34.7. The number of anilines is 1. The highest BCUT2D eigenvalue weighted by molar-refractivity contribution is 7.92. The van der Waals surface area contributed by atoms with Crippen LogP contribution in [0.2, 0.25) is 0 Å². The van der Waals surface area contributed by atoms with Crippen molar-refractivity contribution in [3.63, 3.8) is 0 Å². The highest BCUT2D eigenvalue weighted by Gasteiger charge is 2.37. The summed E-state index contributed by atoms with van der Waals surface area (Å²) in [6.45, 7) is 31.5. The number of rotatable bonds is 18. The van der Waals surface area contributed by atoms with E-state index in [-0.39, 0.29) is 38.9 Å². The van der Waals surface area contributed by atoms with Gasteiger partial charge >= 0.3 is 0 Å². The van der Waals surface area contributed by atoms with Crippen LogP contribution in [0.1, 0.15) is 157 Å². The minimum atomic E-state index is -3.54. The molecule has 0 spiro atoms. The second-order valence-electron chi connectivity index (χ2n) is 36.7. The van der Waals surface area contributed by atoms with Gasteiger partial charge in [0.25, 0.3) is 16.7 Å². The number of fused-ring (bicyclic) bond motifs is 3. The largest absolute Gasteiger partial charge is 0.493 e. The van der Waals surface area contributed by atoms with E-state index < -0.39 is 55.0 Å². The molecule has 25 heteroatoms. The van der Waals surface area contributed by atoms with Crippen molar-refractivity contribution >= 4 is 108 Å². The van der Waals surface area contributed by atoms with E-state index in [0.717, 1.165) is 171 Å². The maximum Gasteiger partial charge on any atom is 0.255 e. The first-order valence-corrected chi connectivity index (χ1v) is 47.0. The number of hydrogen-bond acceptors (Lipinski definition) is 19. The Kier molecular flexibility index (Phi) is 24.1. The summed E-state index contributed by atoms with van der Waals surface area (Å²) in [5, 5.41) is 5.07. The molecule has 0 aliphatic carbocycles. The highest BCUT2D eigenvalue weighted by atomic mass is 32.2. The van der Waals surface area contributed by atoms with Crippen molar-refractivity contribution in [2.45, 2.75) is 170 Å². The van der Waals surface area contributed by atoms with Gasteiger partial charge in [-0.1, -0.05) is 24.3 Å². The summed E-state index contributed by atoms with van der Waals surface area (Å²) >= 11 is 0. The molecule has 666 valence electrons. The fraction of sp³-hybridized carbons (Fsp3) is 0.286. The number of ether oxygens (including phenoxy) is 6. The van der Waals surface area contributed by atoms with Gasteiger partial charge < -0.3 is 28.4 Å². The van der Waals surface area contributed by atoms with Gasteiger partial charge in [-0.15, -0.1) is 0 Å². The summed E-state index contributed by atoms with van der Waals surface area (Å²) in [5.41, 5.74) is 17.4. The van der Waals surface area contributed by atoms with Crippen LogP contribution in [0.4, 0.5) is 5.69 Å². The normalized spacial score (nSPS) is 13.9. The van der Waals surface area contributed by atoms with E-state index in [4.69, 9.17) is 43.4 Å². The van der Waals surface area contributed by atoms with Crippen molar-refractivity contribution in [1.29, 1.82) is 0 Å². The Hall–Kier alpha value is -13.2. The lowest BCUT2D eigenvalue weighted by Gasteiger charge is -2.30. The van der Waals surface area contributed by atoms with Gasteiger partial charge in [0.05, 0.1) is 97.9 Å². The molecule has 3 aliphatic heterocycles. The van der Waals surface area contributed by atoms with Crippen molar-refractivity contribution in [1.82, 2.24) is 28.7 Å². The number of carbonyl (C=O) groups is 3. The molecule has 6 aromatic heterocycles. The van der Waals surface area contributed by atoms with E-state index in [0.29, 0.717) is 69.8 Å². The average Bonchev–Trinajstić information content (AvgIpc) is 0.715. The maximum absolute atomic E-state index is 13.6. The molecule has 9 aromatic carbocycles. The predicted molar refractivity (Wildman–Crippen MR) is 512 cm³/mol. The van der Waals surface area contributed by atoms with Gasteiger partial charge in [-0.2, -0.15) is 0 Å². The zero-order valence-corrected chi connectivity index (χ0v) is 77.7. The fourth-order valence-corrected chi connectivity index (χ4v) is 19.4. The van der Waals surface area contributed by atoms with Crippen LogP contribution < -0.4 is 35.6 Å². The molecule has 130 heavy (non-hydrogen) atoms. The van der Waals surface area contributed by atoms with Crippen LogP contribution in [0.5, 0.6) is 17.2 Å². The van der Waals surface area contributed by atoms with Gasteiger partial charge in [0.15, 0.2) is 27.2 Å². The number of Topliss-reactive ketones (excluding diaryl/α,β-unsaturated/α-hetero) is 3. The third kappa shape index (κ3) is 17.8. The van der Waals surface area contributed by atoms with Crippen LogP contribution in [0.3, 0.4) is 0 Å². The topological polar surface area (TPSA) is 292 Å². The molecule has 3 aliphatic rings. The molecule has 1 N–H and O–H groups in total. The summed E-state index contributed by atoms with van der Waals surface area (Å²) in [4.78, 5) is 95.1. The molecular formula is C105H103N7O16S2. The first-order chi connectivity index (χ1) is 61.5. The number of carbonyl (C=O) groups excluding carboxylic acids is 3. The minimum Gasteiger partial charge on any atom is -0.493 e. The molecule has 23 nitrogen and oxygen atoms in total. The smallest absolute Gasteiger partial charge is 0.255 e. The number of pyridine rings is 6. The van der Waals surface area contributed by atoms with Crippen LogP contribution in [0, 0.1) is 27.7 Å². The number of nitrogens with one attached hydrogen (secondary N) is 1. The van der Waals surface area contributed by atoms with E-state index in [1.165, 1.54) is 48.2 Å². The van der Waals surface area contributed by atoms with Crippen molar-refractivity contribution in [2.24, 2.45) is 0 Å². The number of nitrogens with zero attached hydrogens (tertiary/aromatic N) is 6. The molecule has 3 atom stereocenters. The van der Waals surface area contributed by atoms with Crippen LogP contribution in [0.15, 0.2) is 220 Å². The Balaban J connectivity index is 0.000000143. The quantitative estimate of drug-likeness (QED) is 0.0835. The zero-order chi connectivity index (χ0) is 92.9. The first kappa shape index (κ1) is 90.2. The van der Waals surface area contributed by atoms with Gasteiger partial charge in [0, 0.05) is 117 Å². The summed E-state index contributed by atoms with van der Waals surface area (Å²) in [6.07, 6.45) is 7.32. The van der Waals surface area contributed by atoms with Crippen molar-refractivity contribution in [3.05, 3.63) is 287 Å². The lowest BCUT2D eigenvalue weighted by molar-refractivity contribution is -0.139. The molecule has 15 aromatic rings. The minimum absolute atomic E-state index is 0.0883. The number of sulfonamides is 1. The molecule has 0 radical (unpaired) electrons. The highest BCUT2D eigenvalue weighted by Crippen LogP contribution is 2.51. The van der Waals surface area contributed by atoms with Crippen LogP contribution in [0.25, 0.3) is 116 Å². The summed E-state index contributed by atoms with van der Waals surface area (Å²) in [5.74, 6) is 1.91. The molecule has 18 rings (SSSR count). The van der Waals surface area contributed by atoms with Crippen molar-refractivity contribution in [3.8, 4) is 67.7 Å². The Bertz CT molecular complexity index is 7650. The van der Waals surface area contributed by atoms with Gasteiger partial charge in [0.1, 0.15) is 35.6 Å². The first-order valence-electron chi connectivity index (χ1n) is 43.2. The lowest BCUT2D eigenvalue weighted by Crippen LogP contribution is -2.27. The summed E-state index contributed by atoms with van der Waals surface area (Å²) < 4.78 is 93.4. The van der Waals surface area contributed by atoms with E-state index in [1.807, 2.05) is 199 Å². The molecule has 0 saturated heterocycles. The number of benzene rings is 9.